The molecule has 0 aromatic carbocycles. The third-order valence-electron chi connectivity index (χ3n) is 3.82. The lowest BCUT2D eigenvalue weighted by molar-refractivity contribution is -0.156. The van der Waals surface area contributed by atoms with Crippen LogP contribution in [0.1, 0.15) is 13.2 Å². The molecule has 11 nitrogen and oxygen atoms in total. The fraction of sp³-hybridized carbons (Fsp3) is 0.625. The Morgan fingerprint density at radius 3 is 2.57 bits per heavy atom. The third-order valence-corrected chi connectivity index (χ3v) is 3.82. The number of nitrogens with one attached hydrogen (secondary N) is 3. The molecular weight excluding hydrogens is 417 g/mol. The first kappa shape index (κ1) is 25.5. The summed E-state index contributed by atoms with van der Waals surface area (Å²) in [5.74, 6) is -0.343. The van der Waals surface area contributed by atoms with E-state index < -0.39 is 48.3 Å². The topological polar surface area (TPSA) is 152 Å². The summed E-state index contributed by atoms with van der Waals surface area (Å²) >= 11 is 0. The van der Waals surface area contributed by atoms with Crippen molar-refractivity contribution in [2.75, 3.05) is 26.7 Å². The number of carbonyl (C=O) groups excluding carboxylic acids is 2. The minimum Gasteiger partial charge on any atom is -0.388 e. The number of nitrogens with zero attached hydrogens (tertiary/aromatic N) is 1. The van der Waals surface area contributed by atoms with Crippen molar-refractivity contribution in [2.24, 2.45) is 0 Å². The second-order valence-corrected chi connectivity index (χ2v) is 6.13. The minimum atomic E-state index is -4.64. The van der Waals surface area contributed by atoms with Gasteiger partial charge in [-0.2, -0.15) is 13.2 Å². The average molecular weight is 440 g/mol. The van der Waals surface area contributed by atoms with E-state index in [-0.39, 0.29) is 12.5 Å². The highest BCUT2D eigenvalue weighted by Gasteiger charge is 2.44. The lowest BCUT2D eigenvalue weighted by Crippen LogP contribution is -2.41. The lowest BCUT2D eigenvalue weighted by Gasteiger charge is -2.22. The van der Waals surface area contributed by atoms with Gasteiger partial charge >= 0.3 is 11.9 Å². The van der Waals surface area contributed by atoms with Crippen molar-refractivity contribution in [2.45, 2.75) is 37.6 Å². The maximum Gasteiger partial charge on any atom is 0.446 e. The molecule has 1 saturated heterocycles. The number of rotatable bonds is 7. The third kappa shape index (κ3) is 8.06. The molecular formula is C16H23F3N4O7. The van der Waals surface area contributed by atoms with Gasteiger partial charge in [0.05, 0.1) is 6.10 Å². The first-order valence-electron chi connectivity index (χ1n) is 8.71. The van der Waals surface area contributed by atoms with E-state index in [1.807, 2.05) is 0 Å². The largest absolute Gasteiger partial charge is 0.446 e. The van der Waals surface area contributed by atoms with Crippen molar-refractivity contribution < 1.29 is 37.3 Å². The second-order valence-electron chi connectivity index (χ2n) is 6.13. The van der Waals surface area contributed by atoms with Crippen LogP contribution in [0.5, 0.6) is 0 Å². The summed E-state index contributed by atoms with van der Waals surface area (Å²) in [5, 5.41) is 15.7. The standard InChI is InChI=1S/C14H22N4O6.C2HF3O/c1-8-11(21)12(23-7-10(20)16-5-4-15-2)13(24-8)18-6-3-9(19)17-14(18)22;3-2(4,5)1-6/h3,6,8,11-13,15,21H,4-5,7H2,1-2H3,(H,16,20)(H,17,19,22);1H. The molecule has 0 saturated carbocycles. The number of ether oxygens (including phenoxy) is 2. The fourth-order valence-corrected chi connectivity index (χ4v) is 2.40. The maximum absolute atomic E-state index is 11.9. The smallest absolute Gasteiger partial charge is 0.388 e. The van der Waals surface area contributed by atoms with E-state index in [1.54, 1.807) is 14.0 Å². The van der Waals surface area contributed by atoms with E-state index in [1.165, 1.54) is 12.3 Å². The zero-order valence-corrected chi connectivity index (χ0v) is 16.1. The molecule has 30 heavy (non-hydrogen) atoms. The molecule has 2 heterocycles. The van der Waals surface area contributed by atoms with E-state index in [4.69, 9.17) is 14.3 Å². The SMILES string of the molecule is CNCCNC(=O)COC1C(O)C(C)OC1n1ccc(=O)[nH]c1=O.O=CC(F)(F)F. The van der Waals surface area contributed by atoms with E-state index in [0.29, 0.717) is 13.1 Å². The fourth-order valence-electron chi connectivity index (χ4n) is 2.40. The molecule has 1 aliphatic rings. The maximum atomic E-state index is 11.9. The average Bonchev–Trinajstić information content (AvgIpc) is 2.94. The molecule has 4 atom stereocenters. The van der Waals surface area contributed by atoms with Crippen molar-refractivity contribution in [3.05, 3.63) is 33.1 Å². The Labute approximate surface area is 168 Å². The lowest BCUT2D eigenvalue weighted by atomic mass is 10.1. The number of hydrogen-bond donors (Lipinski definition) is 4. The van der Waals surface area contributed by atoms with Gasteiger partial charge in [-0.3, -0.25) is 23.9 Å². The predicted octanol–water partition coefficient (Wildman–Crippen LogP) is -1.72. The van der Waals surface area contributed by atoms with Crippen molar-refractivity contribution in [3.8, 4) is 0 Å². The Hall–Kier alpha value is -2.55. The number of aldehydes is 1. The number of likely N-dealkylation sites (N-methyl/N-ethyl adjacent to an activating group) is 1. The number of aromatic nitrogens is 2. The van der Waals surface area contributed by atoms with Crippen LogP contribution in [-0.4, -0.2) is 78.1 Å². The van der Waals surface area contributed by atoms with Gasteiger partial charge in [-0.15, -0.1) is 0 Å². The van der Waals surface area contributed by atoms with Crippen LogP contribution < -0.4 is 21.9 Å². The van der Waals surface area contributed by atoms with Gasteiger partial charge in [0.1, 0.15) is 18.8 Å². The summed E-state index contributed by atoms with van der Waals surface area (Å²) in [5.41, 5.74) is -1.22. The van der Waals surface area contributed by atoms with Crippen LogP contribution in [0.3, 0.4) is 0 Å². The second kappa shape index (κ2) is 11.6. The summed E-state index contributed by atoms with van der Waals surface area (Å²) in [6, 6.07) is 1.17. The number of carbonyl (C=O) groups is 2. The Morgan fingerprint density at radius 2 is 2.03 bits per heavy atom. The van der Waals surface area contributed by atoms with Crippen molar-refractivity contribution in [1.82, 2.24) is 20.2 Å². The number of aromatic amines is 1. The molecule has 14 heteroatoms. The molecule has 4 N–H and O–H groups in total. The Balaban J connectivity index is 0.000000656. The normalized spacial score (nSPS) is 23.4. The van der Waals surface area contributed by atoms with E-state index in [9.17, 15) is 32.7 Å². The van der Waals surface area contributed by atoms with Gasteiger partial charge in [-0.25, -0.2) is 4.79 Å². The molecule has 0 bridgehead atoms. The van der Waals surface area contributed by atoms with Gasteiger partial charge < -0.3 is 25.2 Å². The quantitative estimate of drug-likeness (QED) is 0.289. The van der Waals surface area contributed by atoms with Crippen molar-refractivity contribution in [1.29, 1.82) is 0 Å². The van der Waals surface area contributed by atoms with Gasteiger partial charge in [-0.05, 0) is 14.0 Å². The van der Waals surface area contributed by atoms with Gasteiger partial charge in [0.15, 0.2) is 6.23 Å². The van der Waals surface area contributed by atoms with Crippen LogP contribution in [0, 0.1) is 0 Å². The Morgan fingerprint density at radius 1 is 1.40 bits per heavy atom. The molecule has 1 aromatic heterocycles. The van der Waals surface area contributed by atoms with Crippen LogP contribution in [-0.2, 0) is 19.1 Å². The number of hydrogen-bond acceptors (Lipinski definition) is 8. The van der Waals surface area contributed by atoms with E-state index >= 15 is 0 Å². The van der Waals surface area contributed by atoms with Crippen molar-refractivity contribution >= 4 is 12.2 Å². The first-order chi connectivity index (χ1) is 14.0. The number of aliphatic hydroxyl groups is 1. The number of amides is 1. The summed E-state index contributed by atoms with van der Waals surface area (Å²) in [7, 11) is 1.77. The monoisotopic (exact) mass is 440 g/mol. The number of halogens is 3. The van der Waals surface area contributed by atoms with E-state index in [2.05, 4.69) is 15.6 Å². The van der Waals surface area contributed by atoms with Gasteiger partial charge in [0, 0.05) is 25.4 Å². The van der Waals surface area contributed by atoms with Gasteiger partial charge in [-0.1, -0.05) is 0 Å². The van der Waals surface area contributed by atoms with Crippen LogP contribution in [0.15, 0.2) is 21.9 Å². The molecule has 1 aliphatic heterocycles. The number of aliphatic hydroxyl groups excluding tert-OH is 1. The highest BCUT2D eigenvalue weighted by molar-refractivity contribution is 5.77. The zero-order chi connectivity index (χ0) is 22.9. The summed E-state index contributed by atoms with van der Waals surface area (Å²) in [6.07, 6.45) is -7.90. The molecule has 170 valence electrons. The predicted molar refractivity (Wildman–Crippen MR) is 95.7 cm³/mol. The van der Waals surface area contributed by atoms with Crippen molar-refractivity contribution in [3.63, 3.8) is 0 Å². The molecule has 4 unspecified atom stereocenters. The van der Waals surface area contributed by atoms with Crippen LogP contribution >= 0.6 is 0 Å². The molecule has 1 amide bonds. The molecule has 0 spiro atoms. The molecule has 1 fully saturated rings. The van der Waals surface area contributed by atoms with E-state index in [0.717, 1.165) is 4.57 Å². The minimum absolute atomic E-state index is 0.282. The van der Waals surface area contributed by atoms with Gasteiger partial charge in [0.25, 0.3) is 5.56 Å². The number of alkyl halides is 3. The summed E-state index contributed by atoms with van der Waals surface area (Å²) in [6.45, 7) is 2.41. The first-order valence-corrected chi connectivity index (χ1v) is 8.71. The van der Waals surface area contributed by atoms with Crippen LogP contribution in [0.2, 0.25) is 0 Å². The van der Waals surface area contributed by atoms with Crippen LogP contribution in [0.4, 0.5) is 13.2 Å². The highest BCUT2D eigenvalue weighted by atomic mass is 19.4. The van der Waals surface area contributed by atoms with Crippen LogP contribution in [0.25, 0.3) is 0 Å². The summed E-state index contributed by atoms with van der Waals surface area (Å²) in [4.78, 5) is 45.6. The Kier molecular flexibility index (Phi) is 9.84. The molecule has 0 aliphatic carbocycles. The summed E-state index contributed by atoms with van der Waals surface area (Å²) < 4.78 is 43.4. The molecule has 1 aromatic rings. The molecule has 2 rings (SSSR count). The van der Waals surface area contributed by atoms with Gasteiger partial charge in [0.2, 0.25) is 12.2 Å². The highest BCUT2D eigenvalue weighted by Crippen LogP contribution is 2.30. The zero-order valence-electron chi connectivity index (χ0n) is 16.1. The molecule has 0 radical (unpaired) electrons. The number of H-pyrrole nitrogens is 1. The Bertz CT molecular complexity index is 811.